The van der Waals surface area contributed by atoms with Gasteiger partial charge in [0, 0.05) is 18.0 Å². The lowest BCUT2D eigenvalue weighted by Crippen LogP contribution is -2.14. The molecule has 0 unspecified atom stereocenters. The summed E-state index contributed by atoms with van der Waals surface area (Å²) in [5.74, 6) is -0.288. The fourth-order valence-electron chi connectivity index (χ4n) is 2.26. The Balaban J connectivity index is 1.79. The van der Waals surface area contributed by atoms with Crippen LogP contribution in [0.2, 0.25) is 10.0 Å². The number of primary amides is 1. The third-order valence-electron chi connectivity index (χ3n) is 3.47. The van der Waals surface area contributed by atoms with Crippen molar-refractivity contribution in [3.63, 3.8) is 0 Å². The van der Waals surface area contributed by atoms with Gasteiger partial charge in [-0.15, -0.1) is 0 Å². The summed E-state index contributed by atoms with van der Waals surface area (Å²) in [6.45, 7) is 0. The number of anilines is 3. The molecule has 2 aromatic heterocycles. The minimum absolute atomic E-state index is 0.123. The largest absolute Gasteiger partial charge is 0.364 e. The van der Waals surface area contributed by atoms with Gasteiger partial charge in [-0.05, 0) is 30.3 Å². The number of halogens is 2. The van der Waals surface area contributed by atoms with E-state index in [-0.39, 0.29) is 21.3 Å². The van der Waals surface area contributed by atoms with Crippen molar-refractivity contribution in [1.29, 1.82) is 0 Å². The lowest BCUT2D eigenvalue weighted by atomic mass is 10.2. The number of nitrogens with one attached hydrogen (secondary N) is 2. The predicted molar refractivity (Wildman–Crippen MR) is 105 cm³/mol. The van der Waals surface area contributed by atoms with E-state index in [0.717, 1.165) is 0 Å². The number of benzene rings is 1. The number of hydrogen-bond donors (Lipinski definition) is 3. The average Bonchev–Trinajstić information content (AvgIpc) is 2.62. The van der Waals surface area contributed by atoms with Gasteiger partial charge in [0.1, 0.15) is 17.3 Å². The quantitative estimate of drug-likeness (QED) is 0.600. The van der Waals surface area contributed by atoms with E-state index < -0.39 is 11.8 Å². The number of hydrogen-bond acceptors (Lipinski definition) is 5. The Hall–Kier alpha value is -3.16. The summed E-state index contributed by atoms with van der Waals surface area (Å²) >= 11 is 12.1. The minimum atomic E-state index is -0.635. The van der Waals surface area contributed by atoms with Crippen LogP contribution in [0.4, 0.5) is 17.3 Å². The SMILES string of the molecule is NC(=O)c1cccc(Nc2cc(NC(=O)c3c(Cl)cccc3Cl)ccn2)n1. The summed E-state index contributed by atoms with van der Waals surface area (Å²) in [6.07, 6.45) is 1.50. The van der Waals surface area contributed by atoms with Crippen molar-refractivity contribution in [2.45, 2.75) is 0 Å². The Morgan fingerprint density at radius 2 is 1.67 bits per heavy atom. The van der Waals surface area contributed by atoms with Gasteiger partial charge in [0.2, 0.25) is 0 Å². The molecular formula is C18H13Cl2N5O2. The fraction of sp³-hybridized carbons (Fsp3) is 0. The van der Waals surface area contributed by atoms with Crippen LogP contribution in [0.1, 0.15) is 20.8 Å². The van der Waals surface area contributed by atoms with Gasteiger partial charge >= 0.3 is 0 Å². The van der Waals surface area contributed by atoms with Gasteiger partial charge in [-0.25, -0.2) is 9.97 Å². The topological polar surface area (TPSA) is 110 Å². The molecule has 9 heteroatoms. The second-order valence-electron chi connectivity index (χ2n) is 5.38. The standard InChI is InChI=1S/C18H13Cl2N5O2/c19-11-3-1-4-12(20)16(11)18(27)23-10-7-8-22-15(9-10)25-14-6-2-5-13(24-14)17(21)26/h1-9H,(H2,21,26)(H2,22,23,24,25,27). The summed E-state index contributed by atoms with van der Waals surface area (Å²) < 4.78 is 0. The summed E-state index contributed by atoms with van der Waals surface area (Å²) in [4.78, 5) is 31.9. The second kappa shape index (κ2) is 8.03. The van der Waals surface area contributed by atoms with Crippen molar-refractivity contribution in [3.05, 3.63) is 76.0 Å². The minimum Gasteiger partial charge on any atom is -0.364 e. The van der Waals surface area contributed by atoms with Crippen LogP contribution in [-0.4, -0.2) is 21.8 Å². The highest BCUT2D eigenvalue weighted by Gasteiger charge is 2.15. The zero-order valence-corrected chi connectivity index (χ0v) is 15.3. The van der Waals surface area contributed by atoms with Crippen LogP contribution in [0.25, 0.3) is 0 Å². The van der Waals surface area contributed by atoms with Crippen LogP contribution in [-0.2, 0) is 0 Å². The van der Waals surface area contributed by atoms with Crippen LogP contribution < -0.4 is 16.4 Å². The van der Waals surface area contributed by atoms with E-state index in [2.05, 4.69) is 20.6 Å². The lowest BCUT2D eigenvalue weighted by molar-refractivity contribution is 0.0993. The van der Waals surface area contributed by atoms with Gasteiger partial charge in [-0.3, -0.25) is 9.59 Å². The van der Waals surface area contributed by atoms with Gasteiger partial charge < -0.3 is 16.4 Å². The molecule has 2 heterocycles. The van der Waals surface area contributed by atoms with E-state index in [1.807, 2.05) is 0 Å². The number of nitrogens with two attached hydrogens (primary N) is 1. The number of amides is 2. The van der Waals surface area contributed by atoms with Crippen LogP contribution in [0.3, 0.4) is 0 Å². The third-order valence-corrected chi connectivity index (χ3v) is 4.10. The number of carbonyl (C=O) groups excluding carboxylic acids is 2. The normalized spacial score (nSPS) is 10.3. The van der Waals surface area contributed by atoms with Crippen LogP contribution >= 0.6 is 23.2 Å². The summed E-state index contributed by atoms with van der Waals surface area (Å²) in [7, 11) is 0. The van der Waals surface area contributed by atoms with E-state index >= 15 is 0 Å². The third kappa shape index (κ3) is 4.52. The van der Waals surface area contributed by atoms with Crippen molar-refractivity contribution >= 4 is 52.3 Å². The van der Waals surface area contributed by atoms with Gasteiger partial charge in [0.05, 0.1) is 15.6 Å². The van der Waals surface area contributed by atoms with Crippen molar-refractivity contribution in [1.82, 2.24) is 9.97 Å². The smallest absolute Gasteiger partial charge is 0.267 e. The first-order chi connectivity index (χ1) is 12.9. The zero-order valence-electron chi connectivity index (χ0n) is 13.7. The molecular weight excluding hydrogens is 389 g/mol. The number of carbonyl (C=O) groups is 2. The first kappa shape index (κ1) is 18.6. The molecule has 0 aliphatic rings. The monoisotopic (exact) mass is 401 g/mol. The molecule has 7 nitrogen and oxygen atoms in total. The van der Waals surface area contributed by atoms with Crippen LogP contribution in [0, 0.1) is 0 Å². The summed E-state index contributed by atoms with van der Waals surface area (Å²) in [5.41, 5.74) is 6.00. The molecule has 0 saturated heterocycles. The maximum absolute atomic E-state index is 12.5. The zero-order chi connectivity index (χ0) is 19.4. The molecule has 27 heavy (non-hydrogen) atoms. The van der Waals surface area contributed by atoms with Crippen molar-refractivity contribution in [3.8, 4) is 0 Å². The van der Waals surface area contributed by atoms with E-state index in [1.165, 1.54) is 12.3 Å². The molecule has 0 saturated carbocycles. The molecule has 0 spiro atoms. The maximum Gasteiger partial charge on any atom is 0.267 e. The Labute approximate surface area is 164 Å². The number of pyridine rings is 2. The first-order valence-corrected chi connectivity index (χ1v) is 8.45. The molecule has 0 fully saturated rings. The summed E-state index contributed by atoms with van der Waals surface area (Å²) in [6, 6.07) is 12.8. The van der Waals surface area contributed by atoms with E-state index in [1.54, 1.807) is 42.5 Å². The lowest BCUT2D eigenvalue weighted by Gasteiger charge is -2.10. The Morgan fingerprint density at radius 3 is 2.37 bits per heavy atom. The fourth-order valence-corrected chi connectivity index (χ4v) is 2.83. The molecule has 0 aliphatic heterocycles. The van der Waals surface area contributed by atoms with Gasteiger partial charge in [0.15, 0.2) is 0 Å². The Bertz CT molecular complexity index is 1010. The number of aromatic nitrogens is 2. The van der Waals surface area contributed by atoms with Crippen LogP contribution in [0.15, 0.2) is 54.7 Å². The molecule has 0 atom stereocenters. The predicted octanol–water partition coefficient (Wildman–Crippen LogP) is 3.88. The van der Waals surface area contributed by atoms with Gasteiger partial charge in [-0.2, -0.15) is 0 Å². The summed E-state index contributed by atoms with van der Waals surface area (Å²) in [5, 5.41) is 6.15. The van der Waals surface area contributed by atoms with Crippen LogP contribution in [0.5, 0.6) is 0 Å². The van der Waals surface area contributed by atoms with Crippen molar-refractivity contribution in [2.24, 2.45) is 5.73 Å². The molecule has 0 bridgehead atoms. The van der Waals surface area contributed by atoms with E-state index in [0.29, 0.717) is 17.3 Å². The molecule has 1 aromatic carbocycles. The molecule has 0 radical (unpaired) electrons. The van der Waals surface area contributed by atoms with E-state index in [9.17, 15) is 9.59 Å². The molecule has 3 aromatic rings. The van der Waals surface area contributed by atoms with Crippen molar-refractivity contribution in [2.75, 3.05) is 10.6 Å². The Morgan fingerprint density at radius 1 is 0.963 bits per heavy atom. The number of nitrogens with zero attached hydrogens (tertiary/aromatic N) is 2. The van der Waals surface area contributed by atoms with E-state index in [4.69, 9.17) is 28.9 Å². The second-order valence-corrected chi connectivity index (χ2v) is 6.19. The van der Waals surface area contributed by atoms with Crippen molar-refractivity contribution < 1.29 is 9.59 Å². The Kier molecular flexibility index (Phi) is 5.54. The molecule has 2 amide bonds. The average molecular weight is 402 g/mol. The van der Waals surface area contributed by atoms with Gasteiger partial charge in [0.25, 0.3) is 11.8 Å². The number of rotatable bonds is 5. The molecule has 3 rings (SSSR count). The highest BCUT2D eigenvalue weighted by Crippen LogP contribution is 2.25. The highest BCUT2D eigenvalue weighted by atomic mass is 35.5. The maximum atomic E-state index is 12.5. The molecule has 4 N–H and O–H groups in total. The molecule has 136 valence electrons. The molecule has 0 aliphatic carbocycles. The first-order valence-electron chi connectivity index (χ1n) is 7.69. The highest BCUT2D eigenvalue weighted by molar-refractivity contribution is 6.40. The van der Waals surface area contributed by atoms with Gasteiger partial charge in [-0.1, -0.05) is 35.3 Å².